The van der Waals surface area contributed by atoms with Crippen LogP contribution in [0.4, 0.5) is 4.39 Å². The molecule has 0 aliphatic carbocycles. The van der Waals surface area contributed by atoms with E-state index in [1.54, 1.807) is 6.07 Å². The monoisotopic (exact) mass is 260 g/mol. The molecule has 1 aromatic heterocycles. The van der Waals surface area contributed by atoms with Crippen LogP contribution in [0.5, 0.6) is 0 Å². The normalized spacial score (nSPS) is 11.0. The van der Waals surface area contributed by atoms with Crippen LogP contribution in [0.3, 0.4) is 0 Å². The molecule has 0 fully saturated rings. The molecular weight excluding hydrogens is 255 g/mol. The molecule has 0 saturated carbocycles. The summed E-state index contributed by atoms with van der Waals surface area (Å²) in [5.41, 5.74) is 0.383. The molecule has 0 amide bonds. The van der Waals surface area contributed by atoms with Gasteiger partial charge < -0.3 is 5.11 Å². The topological polar surface area (TPSA) is 20.2 Å². The molecule has 0 saturated heterocycles. The maximum Gasteiger partial charge on any atom is 0.130 e. The number of aliphatic hydroxyl groups excluding tert-OH is 1. The van der Waals surface area contributed by atoms with E-state index in [1.807, 2.05) is 5.38 Å². The molecule has 0 aliphatic rings. The molecule has 1 N–H and O–H groups in total. The van der Waals surface area contributed by atoms with E-state index in [2.05, 4.69) is 15.9 Å². The van der Waals surface area contributed by atoms with E-state index in [0.717, 1.165) is 14.6 Å². The second kappa shape index (κ2) is 3.36. The summed E-state index contributed by atoms with van der Waals surface area (Å²) in [4.78, 5) is 0. The van der Waals surface area contributed by atoms with Gasteiger partial charge in [-0.3, -0.25) is 0 Å². The summed E-state index contributed by atoms with van der Waals surface area (Å²) in [6.45, 7) is -0.254. The average molecular weight is 261 g/mol. The highest BCUT2D eigenvalue weighted by molar-refractivity contribution is 9.10. The Morgan fingerprint density at radius 3 is 2.92 bits per heavy atom. The summed E-state index contributed by atoms with van der Waals surface area (Å²) in [5.74, 6) is -0.343. The maximum atomic E-state index is 13.2. The molecule has 1 nitrogen and oxygen atoms in total. The van der Waals surface area contributed by atoms with Gasteiger partial charge in [-0.1, -0.05) is 0 Å². The number of rotatable bonds is 1. The summed E-state index contributed by atoms with van der Waals surface area (Å²) in [6.07, 6.45) is 0. The standard InChI is InChI=1S/C9H6BrFOS/c10-7-4-13-9-5(7)1-2-8(11)6(9)3-12/h1-2,4,12H,3H2. The maximum absolute atomic E-state index is 13.2. The van der Waals surface area contributed by atoms with Crippen LogP contribution in [0.2, 0.25) is 0 Å². The minimum Gasteiger partial charge on any atom is -0.392 e. The number of hydrogen-bond donors (Lipinski definition) is 1. The lowest BCUT2D eigenvalue weighted by Crippen LogP contribution is -1.88. The zero-order valence-electron chi connectivity index (χ0n) is 6.55. The van der Waals surface area contributed by atoms with Gasteiger partial charge in [0.05, 0.1) is 6.61 Å². The smallest absolute Gasteiger partial charge is 0.130 e. The van der Waals surface area contributed by atoms with Crippen LogP contribution >= 0.6 is 27.3 Å². The summed E-state index contributed by atoms with van der Waals surface area (Å²) in [7, 11) is 0. The third-order valence-corrected chi connectivity index (χ3v) is 3.91. The van der Waals surface area contributed by atoms with Crippen LogP contribution in [0.25, 0.3) is 10.1 Å². The van der Waals surface area contributed by atoms with Gasteiger partial charge in [0, 0.05) is 25.5 Å². The molecular formula is C9H6BrFOS. The highest BCUT2D eigenvalue weighted by Crippen LogP contribution is 2.33. The molecule has 1 heterocycles. The van der Waals surface area contributed by atoms with E-state index in [0.29, 0.717) is 5.56 Å². The van der Waals surface area contributed by atoms with E-state index < -0.39 is 0 Å². The van der Waals surface area contributed by atoms with Gasteiger partial charge in [0.25, 0.3) is 0 Å². The lowest BCUT2D eigenvalue weighted by molar-refractivity contribution is 0.277. The van der Waals surface area contributed by atoms with E-state index in [1.165, 1.54) is 17.4 Å². The third kappa shape index (κ3) is 1.39. The van der Waals surface area contributed by atoms with Gasteiger partial charge >= 0.3 is 0 Å². The van der Waals surface area contributed by atoms with Gasteiger partial charge in [-0.05, 0) is 28.1 Å². The van der Waals surface area contributed by atoms with Crippen molar-refractivity contribution in [1.82, 2.24) is 0 Å². The van der Waals surface area contributed by atoms with Crippen LogP contribution in [0, 0.1) is 5.82 Å². The first kappa shape index (κ1) is 9.12. The minimum atomic E-state index is -0.343. The molecule has 2 rings (SSSR count). The van der Waals surface area contributed by atoms with Crippen molar-refractivity contribution in [3.63, 3.8) is 0 Å². The average Bonchev–Trinajstić information content (AvgIpc) is 2.48. The summed E-state index contributed by atoms with van der Waals surface area (Å²) in [6, 6.07) is 3.09. The largest absolute Gasteiger partial charge is 0.392 e. The fourth-order valence-electron chi connectivity index (χ4n) is 1.25. The second-order valence-electron chi connectivity index (χ2n) is 2.64. The van der Waals surface area contributed by atoms with E-state index in [4.69, 9.17) is 5.11 Å². The molecule has 13 heavy (non-hydrogen) atoms. The molecule has 0 aliphatic heterocycles. The van der Waals surface area contributed by atoms with Gasteiger partial charge in [0.1, 0.15) is 5.82 Å². The van der Waals surface area contributed by atoms with Gasteiger partial charge in [-0.25, -0.2) is 4.39 Å². The van der Waals surface area contributed by atoms with Crippen LogP contribution in [-0.4, -0.2) is 5.11 Å². The lowest BCUT2D eigenvalue weighted by Gasteiger charge is -2.00. The van der Waals surface area contributed by atoms with Crippen molar-refractivity contribution in [3.05, 3.63) is 33.4 Å². The zero-order chi connectivity index (χ0) is 9.42. The Kier molecular flexibility index (Phi) is 2.36. The van der Waals surface area contributed by atoms with Gasteiger partial charge in [-0.15, -0.1) is 11.3 Å². The molecule has 0 atom stereocenters. The Labute approximate surface area is 86.9 Å². The summed E-state index contributed by atoms with van der Waals surface area (Å²) < 4.78 is 14.9. The molecule has 0 radical (unpaired) electrons. The van der Waals surface area contributed by atoms with Gasteiger partial charge in [-0.2, -0.15) is 0 Å². The van der Waals surface area contributed by atoms with Crippen molar-refractivity contribution in [2.45, 2.75) is 6.61 Å². The highest BCUT2D eigenvalue weighted by Gasteiger charge is 2.09. The molecule has 0 unspecified atom stereocenters. The molecule has 0 bridgehead atoms. The van der Waals surface area contributed by atoms with E-state index >= 15 is 0 Å². The predicted octanol–water partition coefficient (Wildman–Crippen LogP) is 3.30. The van der Waals surface area contributed by atoms with Crippen molar-refractivity contribution in [1.29, 1.82) is 0 Å². The third-order valence-electron chi connectivity index (χ3n) is 1.90. The number of thiophene rings is 1. The summed E-state index contributed by atoms with van der Waals surface area (Å²) >= 11 is 4.79. The Morgan fingerprint density at radius 1 is 1.46 bits per heavy atom. The van der Waals surface area contributed by atoms with E-state index in [9.17, 15) is 4.39 Å². The van der Waals surface area contributed by atoms with Gasteiger partial charge in [0.15, 0.2) is 0 Å². The number of benzene rings is 1. The first-order valence-corrected chi connectivity index (χ1v) is 5.36. The minimum absolute atomic E-state index is 0.254. The van der Waals surface area contributed by atoms with Crippen molar-refractivity contribution in [2.24, 2.45) is 0 Å². The van der Waals surface area contributed by atoms with Crippen molar-refractivity contribution < 1.29 is 9.50 Å². The van der Waals surface area contributed by atoms with Gasteiger partial charge in [0.2, 0.25) is 0 Å². The fourth-order valence-corrected chi connectivity index (χ4v) is 2.95. The quantitative estimate of drug-likeness (QED) is 0.835. The second-order valence-corrected chi connectivity index (χ2v) is 4.38. The predicted molar refractivity (Wildman–Crippen MR) is 55.4 cm³/mol. The first-order chi connectivity index (χ1) is 6.24. The molecule has 4 heteroatoms. The first-order valence-electron chi connectivity index (χ1n) is 3.69. The Balaban J connectivity index is 2.85. The van der Waals surface area contributed by atoms with Crippen LogP contribution in [0.1, 0.15) is 5.56 Å². The number of hydrogen-bond acceptors (Lipinski definition) is 2. The SMILES string of the molecule is OCc1c(F)ccc2c(Br)csc12. The lowest BCUT2D eigenvalue weighted by atomic mass is 10.1. The van der Waals surface area contributed by atoms with Crippen LogP contribution < -0.4 is 0 Å². The molecule has 0 spiro atoms. The Hall–Kier alpha value is -0.450. The highest BCUT2D eigenvalue weighted by atomic mass is 79.9. The van der Waals surface area contributed by atoms with Crippen molar-refractivity contribution >= 4 is 37.4 Å². The molecule has 68 valence electrons. The fraction of sp³-hybridized carbons (Fsp3) is 0.111. The zero-order valence-corrected chi connectivity index (χ0v) is 8.95. The number of fused-ring (bicyclic) bond motifs is 1. The summed E-state index contributed by atoms with van der Waals surface area (Å²) in [5, 5.41) is 11.8. The Bertz CT molecular complexity index is 452. The number of aliphatic hydroxyl groups is 1. The van der Waals surface area contributed by atoms with Crippen molar-refractivity contribution in [3.8, 4) is 0 Å². The molecule has 1 aromatic carbocycles. The van der Waals surface area contributed by atoms with Crippen molar-refractivity contribution in [2.75, 3.05) is 0 Å². The van der Waals surface area contributed by atoms with Crippen LogP contribution in [-0.2, 0) is 6.61 Å². The molecule has 2 aromatic rings. The van der Waals surface area contributed by atoms with E-state index in [-0.39, 0.29) is 12.4 Å². The Morgan fingerprint density at radius 2 is 2.23 bits per heavy atom. The van der Waals surface area contributed by atoms with Crippen LogP contribution in [0.15, 0.2) is 22.0 Å². The number of halogens is 2.